The summed E-state index contributed by atoms with van der Waals surface area (Å²) in [5.74, 6) is 0. The van der Waals surface area contributed by atoms with Crippen molar-refractivity contribution in [1.82, 2.24) is 0 Å². The average Bonchev–Trinajstić information content (AvgIpc) is 2.46. The smallest absolute Gasteiger partial charge is 0.437 e. The van der Waals surface area contributed by atoms with E-state index in [2.05, 4.69) is 9.47 Å². The first-order valence-electron chi connectivity index (χ1n) is 3.24. The predicted molar refractivity (Wildman–Crippen MR) is 49.0 cm³/mol. The van der Waals surface area contributed by atoms with Crippen molar-refractivity contribution < 1.29 is 19.2 Å². The van der Waals surface area contributed by atoms with E-state index in [0.717, 1.165) is 24.5 Å². The molecule has 6 nitrogen and oxygen atoms in total. The Bertz CT molecular complexity index is 376. The maximum Gasteiger partial charge on any atom is 0.514 e. The fraction of sp³-hybridized carbons (Fsp3) is 0.167. The van der Waals surface area contributed by atoms with E-state index in [1.165, 1.54) is 0 Å². The van der Waals surface area contributed by atoms with Crippen LogP contribution in [0.4, 0.5) is 10.5 Å². The monoisotopic (exact) mass is 237 g/mol. The molecule has 0 saturated heterocycles. The molecule has 0 aliphatic heterocycles. The Morgan fingerprint density at radius 3 is 2.79 bits per heavy atom. The highest BCUT2D eigenvalue weighted by Crippen LogP contribution is 2.38. The summed E-state index contributed by atoms with van der Waals surface area (Å²) in [6.07, 6.45) is -0.946. The molecule has 0 spiro atoms. The quantitative estimate of drug-likeness (QED) is 0.448. The molecule has 0 amide bonds. The van der Waals surface area contributed by atoms with Crippen LogP contribution in [0.2, 0.25) is 4.34 Å². The summed E-state index contributed by atoms with van der Waals surface area (Å²) < 4.78 is 8.69. The van der Waals surface area contributed by atoms with Crippen LogP contribution in [0.25, 0.3) is 0 Å². The Balaban J connectivity index is 2.86. The van der Waals surface area contributed by atoms with E-state index >= 15 is 0 Å². The summed E-state index contributed by atoms with van der Waals surface area (Å²) in [4.78, 5) is 20.3. The molecule has 1 heterocycles. The van der Waals surface area contributed by atoms with Crippen molar-refractivity contribution in [3.8, 4) is 5.06 Å². The molecule has 0 unspecified atom stereocenters. The highest BCUT2D eigenvalue weighted by Gasteiger charge is 2.19. The number of thiophene rings is 1. The van der Waals surface area contributed by atoms with Crippen LogP contribution in [0.3, 0.4) is 0 Å². The third kappa shape index (κ3) is 2.33. The van der Waals surface area contributed by atoms with E-state index in [1.807, 2.05) is 0 Å². The number of halogens is 1. The van der Waals surface area contributed by atoms with E-state index in [4.69, 9.17) is 11.6 Å². The number of ether oxygens (including phenoxy) is 2. The van der Waals surface area contributed by atoms with Crippen LogP contribution in [-0.2, 0) is 4.74 Å². The Hall–Kier alpha value is -1.34. The summed E-state index contributed by atoms with van der Waals surface area (Å²) in [6.45, 7) is 0. The van der Waals surface area contributed by atoms with Gasteiger partial charge in [0.15, 0.2) is 9.40 Å². The number of hydrogen-bond donors (Lipinski definition) is 0. The van der Waals surface area contributed by atoms with Gasteiger partial charge in [-0.2, -0.15) is 0 Å². The van der Waals surface area contributed by atoms with Gasteiger partial charge in [0.2, 0.25) is 0 Å². The molecule has 0 fully saturated rings. The van der Waals surface area contributed by atoms with Gasteiger partial charge < -0.3 is 9.47 Å². The van der Waals surface area contributed by atoms with Crippen molar-refractivity contribution in [3.05, 3.63) is 20.5 Å². The van der Waals surface area contributed by atoms with Crippen LogP contribution in [0.5, 0.6) is 5.06 Å². The Morgan fingerprint density at radius 1 is 1.71 bits per heavy atom. The van der Waals surface area contributed by atoms with Gasteiger partial charge in [0, 0.05) is 0 Å². The maximum absolute atomic E-state index is 10.6. The molecule has 1 aromatic heterocycles. The van der Waals surface area contributed by atoms with E-state index < -0.39 is 11.1 Å². The molecule has 14 heavy (non-hydrogen) atoms. The van der Waals surface area contributed by atoms with Crippen LogP contribution < -0.4 is 4.74 Å². The molecule has 0 radical (unpaired) electrons. The minimum atomic E-state index is -0.946. The van der Waals surface area contributed by atoms with Gasteiger partial charge in [-0.3, -0.25) is 10.1 Å². The number of hydrogen-bond acceptors (Lipinski definition) is 6. The van der Waals surface area contributed by atoms with Gasteiger partial charge >= 0.3 is 11.8 Å². The second kappa shape index (κ2) is 4.25. The first-order chi connectivity index (χ1) is 6.54. The normalized spacial score (nSPS) is 9.57. The molecular weight excluding hydrogens is 234 g/mol. The second-order valence-corrected chi connectivity index (χ2v) is 3.65. The van der Waals surface area contributed by atoms with Crippen LogP contribution in [0.1, 0.15) is 0 Å². The van der Waals surface area contributed by atoms with Crippen molar-refractivity contribution in [1.29, 1.82) is 0 Å². The number of nitro groups is 1. The van der Waals surface area contributed by atoms with Crippen molar-refractivity contribution in [2.45, 2.75) is 0 Å². The molecule has 76 valence electrons. The minimum Gasteiger partial charge on any atom is -0.437 e. The Morgan fingerprint density at radius 2 is 2.36 bits per heavy atom. The standard InChI is InChI=1S/C6H4ClNO5S/c1-12-6(9)13-4-2-3(8(10)11)5(7)14-4/h2H,1H3. The first-order valence-corrected chi connectivity index (χ1v) is 4.43. The lowest BCUT2D eigenvalue weighted by Crippen LogP contribution is -2.05. The molecule has 0 bridgehead atoms. The number of nitrogens with zero attached hydrogens (tertiary/aromatic N) is 1. The third-order valence-electron chi connectivity index (χ3n) is 1.19. The van der Waals surface area contributed by atoms with E-state index in [0.29, 0.717) is 0 Å². The number of methoxy groups -OCH3 is 1. The highest BCUT2D eigenvalue weighted by molar-refractivity contribution is 7.18. The van der Waals surface area contributed by atoms with Crippen LogP contribution >= 0.6 is 22.9 Å². The van der Waals surface area contributed by atoms with Gasteiger partial charge in [-0.1, -0.05) is 22.9 Å². The van der Waals surface area contributed by atoms with Crippen LogP contribution in [-0.4, -0.2) is 18.2 Å². The van der Waals surface area contributed by atoms with Gasteiger partial charge in [-0.25, -0.2) is 4.79 Å². The van der Waals surface area contributed by atoms with Gasteiger partial charge in [-0.05, 0) is 0 Å². The SMILES string of the molecule is COC(=O)Oc1cc([N+](=O)[O-])c(Cl)s1. The second-order valence-electron chi connectivity index (χ2n) is 2.04. The first kappa shape index (κ1) is 10.7. The van der Waals surface area contributed by atoms with Crippen LogP contribution in [0, 0.1) is 10.1 Å². The van der Waals surface area contributed by atoms with E-state index in [1.54, 1.807) is 0 Å². The predicted octanol–water partition coefficient (Wildman–Crippen LogP) is 2.45. The molecule has 0 N–H and O–H groups in total. The number of carbonyl (C=O) groups is 1. The zero-order valence-corrected chi connectivity index (χ0v) is 8.42. The van der Waals surface area contributed by atoms with Gasteiger partial charge in [0.25, 0.3) is 0 Å². The fourth-order valence-corrected chi connectivity index (χ4v) is 1.68. The fourth-order valence-electron chi connectivity index (χ4n) is 0.637. The van der Waals surface area contributed by atoms with Gasteiger partial charge in [-0.15, -0.1) is 0 Å². The van der Waals surface area contributed by atoms with E-state index in [9.17, 15) is 14.9 Å². The minimum absolute atomic E-state index is 0.0218. The molecule has 0 atom stereocenters. The molecular formula is C6H4ClNO5S. The lowest BCUT2D eigenvalue weighted by molar-refractivity contribution is -0.384. The highest BCUT2D eigenvalue weighted by atomic mass is 35.5. The van der Waals surface area contributed by atoms with Crippen molar-refractivity contribution in [2.24, 2.45) is 0 Å². The topological polar surface area (TPSA) is 78.7 Å². The summed E-state index contributed by atoms with van der Waals surface area (Å²) in [5, 5.41) is 10.4. The zero-order chi connectivity index (χ0) is 10.7. The summed E-state index contributed by atoms with van der Waals surface area (Å²) in [7, 11) is 1.13. The molecule has 1 rings (SSSR count). The largest absolute Gasteiger partial charge is 0.514 e. The maximum atomic E-state index is 10.6. The molecule has 8 heteroatoms. The molecule has 0 aromatic carbocycles. The van der Waals surface area contributed by atoms with E-state index in [-0.39, 0.29) is 15.1 Å². The lowest BCUT2D eigenvalue weighted by atomic mass is 10.5. The number of carbonyl (C=O) groups excluding carboxylic acids is 1. The van der Waals surface area contributed by atoms with Crippen molar-refractivity contribution in [3.63, 3.8) is 0 Å². The third-order valence-corrected chi connectivity index (χ3v) is 2.41. The summed E-state index contributed by atoms with van der Waals surface area (Å²) in [6, 6.07) is 1.06. The zero-order valence-electron chi connectivity index (χ0n) is 6.85. The molecule has 1 aromatic rings. The summed E-state index contributed by atoms with van der Waals surface area (Å²) >= 11 is 6.30. The number of rotatable bonds is 2. The van der Waals surface area contributed by atoms with Gasteiger partial charge in [0.1, 0.15) is 0 Å². The van der Waals surface area contributed by atoms with Crippen LogP contribution in [0.15, 0.2) is 6.07 Å². The van der Waals surface area contributed by atoms with Crippen molar-refractivity contribution >= 4 is 34.8 Å². The lowest BCUT2D eigenvalue weighted by Gasteiger charge is -1.95. The molecule has 0 aliphatic carbocycles. The molecule has 0 saturated carbocycles. The Labute approximate surface area is 87.1 Å². The average molecular weight is 238 g/mol. The van der Waals surface area contributed by atoms with Gasteiger partial charge in [0.05, 0.1) is 18.1 Å². The van der Waals surface area contributed by atoms with Crippen molar-refractivity contribution in [2.75, 3.05) is 7.11 Å². The summed E-state index contributed by atoms with van der Waals surface area (Å²) in [5.41, 5.74) is -0.296. The molecule has 0 aliphatic rings. The Kier molecular flexibility index (Phi) is 3.26.